The van der Waals surface area contributed by atoms with E-state index in [1.54, 1.807) is 15.9 Å². The van der Waals surface area contributed by atoms with E-state index in [9.17, 15) is 9.59 Å². The molecule has 2 aliphatic rings. The standard InChI is InChI=1S/C12H12Cl2N4O2/c13-8-1-2-9(14)16-10(8)11(19)17-3-4-18-7(6-17)5-15-12(18)20/h1-2,7H,3-6H2,(H,15,20). The number of pyridine rings is 1. The topological polar surface area (TPSA) is 65.5 Å². The lowest BCUT2D eigenvalue weighted by Crippen LogP contribution is -2.53. The van der Waals surface area contributed by atoms with Gasteiger partial charge in [0, 0.05) is 26.2 Å². The smallest absolute Gasteiger partial charge is 0.317 e. The molecule has 0 aromatic carbocycles. The van der Waals surface area contributed by atoms with Crippen LogP contribution in [-0.2, 0) is 0 Å². The molecule has 3 heterocycles. The average molecular weight is 315 g/mol. The molecule has 0 aliphatic carbocycles. The van der Waals surface area contributed by atoms with E-state index in [1.807, 2.05) is 0 Å². The highest BCUT2D eigenvalue weighted by Gasteiger charge is 2.37. The van der Waals surface area contributed by atoms with Crippen LogP contribution in [-0.4, -0.2) is 58.9 Å². The molecule has 106 valence electrons. The third kappa shape index (κ3) is 2.29. The Hall–Kier alpha value is -1.53. The number of carbonyl (C=O) groups is 2. The maximum absolute atomic E-state index is 12.4. The van der Waals surface area contributed by atoms with E-state index in [1.165, 1.54) is 6.07 Å². The fraction of sp³-hybridized carbons (Fsp3) is 0.417. The highest BCUT2D eigenvalue weighted by atomic mass is 35.5. The summed E-state index contributed by atoms with van der Waals surface area (Å²) in [5.41, 5.74) is 0.157. The van der Waals surface area contributed by atoms with Gasteiger partial charge in [0.1, 0.15) is 10.8 Å². The molecule has 1 aromatic rings. The summed E-state index contributed by atoms with van der Waals surface area (Å²) in [6, 6.07) is 3.04. The highest BCUT2D eigenvalue weighted by Crippen LogP contribution is 2.21. The number of rotatable bonds is 1. The Labute approximate surface area is 125 Å². The lowest BCUT2D eigenvalue weighted by molar-refractivity contribution is 0.0611. The lowest BCUT2D eigenvalue weighted by Gasteiger charge is -2.36. The van der Waals surface area contributed by atoms with Crippen molar-refractivity contribution in [3.63, 3.8) is 0 Å². The molecule has 0 spiro atoms. The van der Waals surface area contributed by atoms with Crippen LogP contribution in [0, 0.1) is 0 Å². The van der Waals surface area contributed by atoms with Crippen LogP contribution in [0.4, 0.5) is 4.79 Å². The molecule has 1 unspecified atom stereocenters. The van der Waals surface area contributed by atoms with Gasteiger partial charge in [-0.25, -0.2) is 9.78 Å². The molecule has 2 saturated heterocycles. The van der Waals surface area contributed by atoms with Gasteiger partial charge in [-0.1, -0.05) is 23.2 Å². The number of aromatic nitrogens is 1. The number of carbonyl (C=O) groups excluding carboxylic acids is 2. The van der Waals surface area contributed by atoms with E-state index in [0.29, 0.717) is 26.2 Å². The molecule has 1 N–H and O–H groups in total. The van der Waals surface area contributed by atoms with Crippen molar-refractivity contribution in [2.24, 2.45) is 0 Å². The number of amides is 3. The second-order valence-corrected chi connectivity index (χ2v) is 5.54. The molecule has 1 aromatic heterocycles. The lowest BCUT2D eigenvalue weighted by atomic mass is 10.2. The number of fused-ring (bicyclic) bond motifs is 1. The second-order valence-electron chi connectivity index (χ2n) is 4.75. The van der Waals surface area contributed by atoms with Crippen molar-refractivity contribution >= 4 is 35.1 Å². The number of hydrogen-bond donors (Lipinski definition) is 1. The number of piperazine rings is 1. The minimum absolute atomic E-state index is 0.0122. The molecule has 2 fully saturated rings. The molecule has 0 radical (unpaired) electrons. The molecule has 0 bridgehead atoms. The van der Waals surface area contributed by atoms with E-state index < -0.39 is 0 Å². The number of hydrogen-bond acceptors (Lipinski definition) is 3. The molecular weight excluding hydrogens is 303 g/mol. The summed E-state index contributed by atoms with van der Waals surface area (Å²) >= 11 is 11.8. The molecular formula is C12H12Cl2N4O2. The van der Waals surface area contributed by atoms with Crippen LogP contribution < -0.4 is 5.32 Å². The maximum Gasteiger partial charge on any atom is 0.317 e. The Morgan fingerprint density at radius 3 is 2.95 bits per heavy atom. The van der Waals surface area contributed by atoms with E-state index in [2.05, 4.69) is 10.3 Å². The minimum Gasteiger partial charge on any atom is -0.336 e. The Bertz CT molecular complexity index is 581. The van der Waals surface area contributed by atoms with Gasteiger partial charge < -0.3 is 15.1 Å². The normalized spacial score (nSPS) is 21.7. The van der Waals surface area contributed by atoms with Gasteiger partial charge in [0.2, 0.25) is 0 Å². The summed E-state index contributed by atoms with van der Waals surface area (Å²) in [6.07, 6.45) is 0. The van der Waals surface area contributed by atoms with Crippen molar-refractivity contribution in [1.82, 2.24) is 20.1 Å². The Morgan fingerprint density at radius 1 is 1.35 bits per heavy atom. The van der Waals surface area contributed by atoms with E-state index in [4.69, 9.17) is 23.2 Å². The molecule has 1 atom stereocenters. The van der Waals surface area contributed by atoms with E-state index >= 15 is 0 Å². The zero-order valence-electron chi connectivity index (χ0n) is 10.5. The Balaban J connectivity index is 1.78. The van der Waals surface area contributed by atoms with Gasteiger partial charge in [0.15, 0.2) is 0 Å². The van der Waals surface area contributed by atoms with Crippen molar-refractivity contribution in [2.75, 3.05) is 26.2 Å². The first-order chi connectivity index (χ1) is 9.56. The van der Waals surface area contributed by atoms with Crippen molar-refractivity contribution in [3.05, 3.63) is 28.0 Å². The number of nitrogens with zero attached hydrogens (tertiary/aromatic N) is 3. The summed E-state index contributed by atoms with van der Waals surface area (Å²) < 4.78 is 0. The van der Waals surface area contributed by atoms with Crippen LogP contribution in [0.25, 0.3) is 0 Å². The summed E-state index contributed by atoms with van der Waals surface area (Å²) in [5.74, 6) is -0.253. The molecule has 6 nitrogen and oxygen atoms in total. The SMILES string of the molecule is O=C(c1nc(Cl)ccc1Cl)N1CCN2C(=O)NCC2C1. The summed E-state index contributed by atoms with van der Waals surface area (Å²) in [7, 11) is 0. The summed E-state index contributed by atoms with van der Waals surface area (Å²) in [6.45, 7) is 2.01. The summed E-state index contributed by atoms with van der Waals surface area (Å²) in [4.78, 5) is 31.4. The first-order valence-electron chi connectivity index (χ1n) is 6.22. The first kappa shape index (κ1) is 13.5. The van der Waals surface area contributed by atoms with Crippen LogP contribution in [0.15, 0.2) is 12.1 Å². The van der Waals surface area contributed by atoms with Gasteiger partial charge >= 0.3 is 6.03 Å². The first-order valence-corrected chi connectivity index (χ1v) is 6.97. The molecule has 20 heavy (non-hydrogen) atoms. The van der Waals surface area contributed by atoms with Crippen molar-refractivity contribution in [1.29, 1.82) is 0 Å². The predicted octanol–water partition coefficient (Wildman–Crippen LogP) is 1.24. The fourth-order valence-corrected chi connectivity index (χ4v) is 2.84. The Kier molecular flexibility index (Phi) is 3.43. The van der Waals surface area contributed by atoms with Crippen LogP contribution in [0.5, 0.6) is 0 Å². The quantitative estimate of drug-likeness (QED) is 0.793. The van der Waals surface area contributed by atoms with Crippen LogP contribution in [0.1, 0.15) is 10.5 Å². The van der Waals surface area contributed by atoms with Gasteiger partial charge in [-0.2, -0.15) is 0 Å². The monoisotopic (exact) mass is 314 g/mol. The van der Waals surface area contributed by atoms with Crippen molar-refractivity contribution in [2.45, 2.75) is 6.04 Å². The van der Waals surface area contributed by atoms with Crippen LogP contribution >= 0.6 is 23.2 Å². The van der Waals surface area contributed by atoms with Gasteiger partial charge in [0.05, 0.1) is 11.1 Å². The largest absolute Gasteiger partial charge is 0.336 e. The van der Waals surface area contributed by atoms with Crippen molar-refractivity contribution in [3.8, 4) is 0 Å². The average Bonchev–Trinajstić information content (AvgIpc) is 2.82. The summed E-state index contributed by atoms with van der Waals surface area (Å²) in [5, 5.41) is 3.28. The number of nitrogens with one attached hydrogen (secondary N) is 1. The molecule has 8 heteroatoms. The van der Waals surface area contributed by atoms with Gasteiger partial charge in [-0.15, -0.1) is 0 Å². The molecule has 2 aliphatic heterocycles. The number of urea groups is 1. The third-order valence-corrected chi connectivity index (χ3v) is 4.05. The maximum atomic E-state index is 12.4. The fourth-order valence-electron chi connectivity index (χ4n) is 2.51. The second kappa shape index (κ2) is 5.10. The highest BCUT2D eigenvalue weighted by molar-refractivity contribution is 6.34. The zero-order chi connectivity index (χ0) is 14.3. The zero-order valence-corrected chi connectivity index (χ0v) is 12.0. The number of halogens is 2. The van der Waals surface area contributed by atoms with Crippen molar-refractivity contribution < 1.29 is 9.59 Å². The minimum atomic E-state index is -0.253. The van der Waals surface area contributed by atoms with Gasteiger partial charge in [0.25, 0.3) is 5.91 Å². The van der Waals surface area contributed by atoms with Crippen LogP contribution in [0.3, 0.4) is 0 Å². The van der Waals surface area contributed by atoms with E-state index in [-0.39, 0.29) is 33.8 Å². The predicted molar refractivity (Wildman–Crippen MR) is 74.1 cm³/mol. The molecule has 0 saturated carbocycles. The molecule has 3 amide bonds. The van der Waals surface area contributed by atoms with Gasteiger partial charge in [-0.3, -0.25) is 4.79 Å². The third-order valence-electron chi connectivity index (χ3n) is 3.53. The van der Waals surface area contributed by atoms with Gasteiger partial charge in [-0.05, 0) is 12.1 Å². The molecule has 3 rings (SSSR count). The van der Waals surface area contributed by atoms with E-state index in [0.717, 1.165) is 0 Å². The van der Waals surface area contributed by atoms with Crippen LogP contribution in [0.2, 0.25) is 10.2 Å². The Morgan fingerprint density at radius 2 is 2.15 bits per heavy atom.